The van der Waals surface area contributed by atoms with E-state index in [9.17, 15) is 9.59 Å². The molecule has 14 heavy (non-hydrogen) atoms. The molecule has 0 aromatic rings. The third-order valence-corrected chi connectivity index (χ3v) is 2.15. The van der Waals surface area contributed by atoms with Gasteiger partial charge in [-0.1, -0.05) is 13.3 Å². The number of amides is 1. The van der Waals surface area contributed by atoms with E-state index in [2.05, 4.69) is 0 Å². The molecule has 5 heteroatoms. The van der Waals surface area contributed by atoms with E-state index in [-0.39, 0.29) is 12.8 Å². The first-order valence-electron chi connectivity index (χ1n) is 4.76. The summed E-state index contributed by atoms with van der Waals surface area (Å²) in [5, 5.41) is 0. The van der Waals surface area contributed by atoms with Gasteiger partial charge in [-0.25, -0.2) is 0 Å². The van der Waals surface area contributed by atoms with Crippen LogP contribution < -0.4 is 5.73 Å². The predicted molar refractivity (Wildman–Crippen MR) is 48.1 cm³/mol. The Hall–Kier alpha value is -1.10. The van der Waals surface area contributed by atoms with Crippen LogP contribution in [0, 0.1) is 0 Å². The topological polar surface area (TPSA) is 78.6 Å². The molecule has 0 aromatic carbocycles. The minimum atomic E-state index is -1.49. The molecule has 2 N–H and O–H groups in total. The second-order valence-corrected chi connectivity index (χ2v) is 3.29. The number of primary amides is 1. The lowest BCUT2D eigenvalue weighted by Crippen LogP contribution is -2.46. The summed E-state index contributed by atoms with van der Waals surface area (Å²) in [4.78, 5) is 22.0. The van der Waals surface area contributed by atoms with Gasteiger partial charge in [-0.05, 0) is 6.42 Å². The molecule has 1 saturated heterocycles. The van der Waals surface area contributed by atoms with Crippen molar-refractivity contribution < 1.29 is 19.1 Å². The van der Waals surface area contributed by atoms with Crippen molar-refractivity contribution in [1.29, 1.82) is 0 Å². The molecule has 1 amide bonds. The van der Waals surface area contributed by atoms with Crippen LogP contribution in [0.1, 0.15) is 32.6 Å². The van der Waals surface area contributed by atoms with Gasteiger partial charge in [-0.2, -0.15) is 0 Å². The number of unbranched alkanes of at least 4 members (excludes halogenated alkanes) is 1. The summed E-state index contributed by atoms with van der Waals surface area (Å²) in [7, 11) is 0. The van der Waals surface area contributed by atoms with Crippen molar-refractivity contribution in [1.82, 2.24) is 0 Å². The molecule has 5 nitrogen and oxygen atoms in total. The normalized spacial score (nSPS) is 26.2. The number of hydrogen-bond acceptors (Lipinski definition) is 4. The highest BCUT2D eigenvalue weighted by atomic mass is 16.7. The molecule has 1 unspecified atom stereocenters. The minimum absolute atomic E-state index is 0.190. The lowest BCUT2D eigenvalue weighted by atomic mass is 10.2. The van der Waals surface area contributed by atoms with Crippen LogP contribution in [0.2, 0.25) is 0 Å². The average Bonchev–Trinajstić information content (AvgIpc) is 2.49. The fourth-order valence-corrected chi connectivity index (χ4v) is 1.28. The molecular formula is C9H15NO4. The maximum atomic E-state index is 11.1. The highest BCUT2D eigenvalue weighted by molar-refractivity contribution is 5.87. The van der Waals surface area contributed by atoms with Gasteiger partial charge in [-0.3, -0.25) is 9.59 Å². The Bertz CT molecular complexity index is 241. The van der Waals surface area contributed by atoms with E-state index < -0.39 is 17.7 Å². The van der Waals surface area contributed by atoms with Crippen LogP contribution in [-0.4, -0.2) is 24.3 Å². The SMILES string of the molecule is CCCCOC1(C(N)=O)CCC(=O)O1. The second kappa shape index (κ2) is 4.41. The van der Waals surface area contributed by atoms with Crippen molar-refractivity contribution in [3.05, 3.63) is 0 Å². The summed E-state index contributed by atoms with van der Waals surface area (Å²) < 4.78 is 10.1. The maximum absolute atomic E-state index is 11.1. The summed E-state index contributed by atoms with van der Waals surface area (Å²) in [5.74, 6) is -2.65. The van der Waals surface area contributed by atoms with Crippen molar-refractivity contribution in [2.75, 3.05) is 6.61 Å². The van der Waals surface area contributed by atoms with Gasteiger partial charge in [0, 0.05) is 6.42 Å². The number of carbonyl (C=O) groups excluding carboxylic acids is 2. The third kappa shape index (κ3) is 2.23. The van der Waals surface area contributed by atoms with Gasteiger partial charge in [0.2, 0.25) is 0 Å². The predicted octanol–water partition coefficient (Wildman–Crippen LogP) is 0.322. The van der Waals surface area contributed by atoms with Crippen LogP contribution in [0.4, 0.5) is 0 Å². The Morgan fingerprint density at radius 1 is 1.71 bits per heavy atom. The van der Waals surface area contributed by atoms with E-state index in [1.165, 1.54) is 0 Å². The fourth-order valence-electron chi connectivity index (χ4n) is 1.28. The Kier molecular flexibility index (Phi) is 3.46. The summed E-state index contributed by atoms with van der Waals surface area (Å²) in [5.41, 5.74) is 5.14. The summed E-state index contributed by atoms with van der Waals surface area (Å²) in [6, 6.07) is 0. The molecule has 1 aliphatic rings. The Labute approximate surface area is 82.5 Å². The molecule has 0 aliphatic carbocycles. The lowest BCUT2D eigenvalue weighted by Gasteiger charge is -2.23. The largest absolute Gasteiger partial charge is 0.423 e. The van der Waals surface area contributed by atoms with E-state index in [1.807, 2.05) is 6.92 Å². The lowest BCUT2D eigenvalue weighted by molar-refractivity contribution is -0.211. The molecule has 0 spiro atoms. The van der Waals surface area contributed by atoms with Crippen molar-refractivity contribution in [3.8, 4) is 0 Å². The summed E-state index contributed by atoms with van der Waals surface area (Å²) >= 11 is 0. The first kappa shape index (κ1) is 11.0. The first-order chi connectivity index (χ1) is 6.60. The standard InChI is InChI=1S/C9H15NO4/c1-2-3-6-13-9(8(10)12)5-4-7(11)14-9/h2-6H2,1H3,(H2,10,12). The van der Waals surface area contributed by atoms with Crippen LogP contribution in [0.3, 0.4) is 0 Å². The van der Waals surface area contributed by atoms with E-state index in [0.29, 0.717) is 6.61 Å². The molecular weight excluding hydrogens is 186 g/mol. The Balaban J connectivity index is 2.55. The smallest absolute Gasteiger partial charge is 0.309 e. The Morgan fingerprint density at radius 2 is 2.43 bits per heavy atom. The average molecular weight is 201 g/mol. The number of ether oxygens (including phenoxy) is 2. The van der Waals surface area contributed by atoms with Crippen molar-refractivity contribution in [2.24, 2.45) is 5.73 Å². The molecule has 0 aromatic heterocycles. The van der Waals surface area contributed by atoms with Gasteiger partial charge in [0.05, 0.1) is 13.0 Å². The molecule has 1 heterocycles. The highest BCUT2D eigenvalue weighted by Gasteiger charge is 2.47. The quantitative estimate of drug-likeness (QED) is 0.513. The van der Waals surface area contributed by atoms with Crippen LogP contribution in [-0.2, 0) is 19.1 Å². The van der Waals surface area contributed by atoms with Crippen LogP contribution >= 0.6 is 0 Å². The maximum Gasteiger partial charge on any atom is 0.309 e. The van der Waals surface area contributed by atoms with Gasteiger partial charge < -0.3 is 15.2 Å². The number of carbonyl (C=O) groups is 2. The zero-order chi connectivity index (χ0) is 10.6. The summed E-state index contributed by atoms with van der Waals surface area (Å²) in [6.45, 7) is 2.38. The van der Waals surface area contributed by atoms with Crippen LogP contribution in [0.5, 0.6) is 0 Å². The molecule has 1 rings (SSSR count). The fraction of sp³-hybridized carbons (Fsp3) is 0.778. The third-order valence-electron chi connectivity index (χ3n) is 2.15. The molecule has 1 fully saturated rings. The van der Waals surface area contributed by atoms with E-state index in [1.54, 1.807) is 0 Å². The van der Waals surface area contributed by atoms with Crippen molar-refractivity contribution >= 4 is 11.9 Å². The zero-order valence-electron chi connectivity index (χ0n) is 8.25. The van der Waals surface area contributed by atoms with Crippen LogP contribution in [0.15, 0.2) is 0 Å². The number of hydrogen-bond donors (Lipinski definition) is 1. The monoisotopic (exact) mass is 201 g/mol. The number of esters is 1. The van der Waals surface area contributed by atoms with Crippen molar-refractivity contribution in [3.63, 3.8) is 0 Å². The minimum Gasteiger partial charge on any atom is -0.423 e. The number of nitrogens with two attached hydrogens (primary N) is 1. The number of cyclic esters (lactones) is 1. The Morgan fingerprint density at radius 3 is 2.86 bits per heavy atom. The van der Waals surface area contributed by atoms with Gasteiger partial charge in [0.25, 0.3) is 11.7 Å². The van der Waals surface area contributed by atoms with Crippen LogP contribution in [0.25, 0.3) is 0 Å². The van der Waals surface area contributed by atoms with E-state index in [0.717, 1.165) is 12.8 Å². The molecule has 0 bridgehead atoms. The van der Waals surface area contributed by atoms with Gasteiger partial charge in [-0.15, -0.1) is 0 Å². The zero-order valence-corrected chi connectivity index (χ0v) is 8.25. The summed E-state index contributed by atoms with van der Waals surface area (Å²) in [6.07, 6.45) is 2.18. The highest BCUT2D eigenvalue weighted by Crippen LogP contribution is 2.27. The van der Waals surface area contributed by atoms with Gasteiger partial charge >= 0.3 is 5.97 Å². The van der Waals surface area contributed by atoms with Gasteiger partial charge in [0.15, 0.2) is 0 Å². The van der Waals surface area contributed by atoms with Gasteiger partial charge in [0.1, 0.15) is 0 Å². The number of rotatable bonds is 5. The van der Waals surface area contributed by atoms with E-state index in [4.69, 9.17) is 15.2 Å². The first-order valence-corrected chi connectivity index (χ1v) is 4.76. The second-order valence-electron chi connectivity index (χ2n) is 3.29. The molecule has 1 atom stereocenters. The molecule has 80 valence electrons. The van der Waals surface area contributed by atoms with E-state index >= 15 is 0 Å². The molecule has 0 saturated carbocycles. The van der Waals surface area contributed by atoms with Crippen molar-refractivity contribution in [2.45, 2.75) is 38.4 Å². The molecule has 1 aliphatic heterocycles. The molecule has 0 radical (unpaired) electrons.